The lowest BCUT2D eigenvalue weighted by molar-refractivity contribution is -0.137. The Bertz CT molecular complexity index is 653. The van der Waals surface area contributed by atoms with Gasteiger partial charge in [0.05, 0.1) is 16.4 Å². The van der Waals surface area contributed by atoms with Crippen LogP contribution < -0.4 is 0 Å². The Labute approximate surface area is 137 Å². The molecule has 1 saturated heterocycles. The van der Waals surface area contributed by atoms with E-state index >= 15 is 0 Å². The first-order valence-electron chi connectivity index (χ1n) is 7.40. The maximum atomic E-state index is 12.2. The molecule has 0 saturated carbocycles. The number of likely N-dealkylation sites (tertiary alicyclic amines) is 1. The molecule has 0 atom stereocenters. The Morgan fingerprint density at radius 1 is 1.45 bits per heavy atom. The molecular formula is C15H19BrN4O2. The second-order valence-electron chi connectivity index (χ2n) is 5.85. The van der Waals surface area contributed by atoms with Crippen molar-refractivity contribution in [1.82, 2.24) is 19.8 Å². The number of amides is 1. The summed E-state index contributed by atoms with van der Waals surface area (Å²) in [7, 11) is 0. The first-order valence-corrected chi connectivity index (χ1v) is 8.19. The number of hydrogen-bond donors (Lipinski definition) is 0. The molecule has 22 heavy (non-hydrogen) atoms. The Morgan fingerprint density at radius 2 is 2.23 bits per heavy atom. The van der Waals surface area contributed by atoms with Crippen molar-refractivity contribution in [2.45, 2.75) is 33.2 Å². The Kier molecular flexibility index (Phi) is 4.33. The topological polar surface area (TPSA) is 64.2 Å². The fourth-order valence-corrected chi connectivity index (χ4v) is 3.17. The minimum absolute atomic E-state index is 0.206. The molecule has 2 aromatic heterocycles. The highest BCUT2D eigenvalue weighted by Crippen LogP contribution is 2.21. The number of aryl methyl sites for hydroxylation is 2. The van der Waals surface area contributed by atoms with Crippen LogP contribution in [0.1, 0.15) is 23.4 Å². The van der Waals surface area contributed by atoms with Gasteiger partial charge in [-0.2, -0.15) is 5.10 Å². The maximum absolute atomic E-state index is 12.2. The van der Waals surface area contributed by atoms with Crippen molar-refractivity contribution >= 4 is 21.8 Å². The zero-order valence-electron chi connectivity index (χ0n) is 12.8. The van der Waals surface area contributed by atoms with Gasteiger partial charge in [0.1, 0.15) is 5.76 Å². The summed E-state index contributed by atoms with van der Waals surface area (Å²) in [4.78, 5) is 14.1. The van der Waals surface area contributed by atoms with Gasteiger partial charge in [-0.25, -0.2) is 0 Å². The van der Waals surface area contributed by atoms with Crippen LogP contribution in [-0.2, 0) is 17.8 Å². The van der Waals surface area contributed by atoms with E-state index in [-0.39, 0.29) is 5.91 Å². The van der Waals surface area contributed by atoms with Crippen LogP contribution in [0.25, 0.3) is 0 Å². The Balaban J connectivity index is 1.43. The van der Waals surface area contributed by atoms with Gasteiger partial charge in [0.2, 0.25) is 5.91 Å². The number of rotatable bonds is 5. The summed E-state index contributed by atoms with van der Waals surface area (Å²) in [5.74, 6) is 1.52. The van der Waals surface area contributed by atoms with Gasteiger partial charge < -0.3 is 9.42 Å². The molecular weight excluding hydrogens is 348 g/mol. The van der Waals surface area contributed by atoms with E-state index in [9.17, 15) is 4.79 Å². The molecule has 1 amide bonds. The smallest absolute Gasteiger partial charge is 0.222 e. The molecule has 118 valence electrons. The minimum Gasteiger partial charge on any atom is -0.361 e. The largest absolute Gasteiger partial charge is 0.361 e. The van der Waals surface area contributed by atoms with E-state index < -0.39 is 0 Å². The molecule has 6 nitrogen and oxygen atoms in total. The number of halogens is 1. The first kappa shape index (κ1) is 15.3. The Hall–Kier alpha value is -1.63. The highest BCUT2D eigenvalue weighted by atomic mass is 79.9. The van der Waals surface area contributed by atoms with Crippen LogP contribution in [0, 0.1) is 19.8 Å². The van der Waals surface area contributed by atoms with Gasteiger partial charge in [-0.05, 0) is 36.2 Å². The molecule has 0 bridgehead atoms. The molecule has 7 heteroatoms. The highest BCUT2D eigenvalue weighted by molar-refractivity contribution is 9.10. The van der Waals surface area contributed by atoms with Crippen molar-refractivity contribution in [3.8, 4) is 0 Å². The lowest BCUT2D eigenvalue weighted by Gasteiger charge is -2.39. The number of hydrogen-bond acceptors (Lipinski definition) is 4. The maximum Gasteiger partial charge on any atom is 0.222 e. The van der Waals surface area contributed by atoms with Crippen LogP contribution in [0.2, 0.25) is 0 Å². The second kappa shape index (κ2) is 6.24. The molecule has 3 rings (SSSR count). The third-order valence-electron chi connectivity index (χ3n) is 4.13. The van der Waals surface area contributed by atoms with Gasteiger partial charge in [-0.1, -0.05) is 5.16 Å². The molecule has 0 radical (unpaired) electrons. The quantitative estimate of drug-likeness (QED) is 0.814. The van der Waals surface area contributed by atoms with Crippen molar-refractivity contribution < 1.29 is 9.32 Å². The lowest BCUT2D eigenvalue weighted by Crippen LogP contribution is -2.51. The summed E-state index contributed by atoms with van der Waals surface area (Å²) in [6.45, 7) is 6.30. The molecule has 3 heterocycles. The predicted molar refractivity (Wildman–Crippen MR) is 84.3 cm³/mol. The van der Waals surface area contributed by atoms with Crippen molar-refractivity contribution in [3.05, 3.63) is 33.9 Å². The summed E-state index contributed by atoms with van der Waals surface area (Å²) in [6, 6.07) is 0. The Morgan fingerprint density at radius 3 is 2.82 bits per heavy atom. The summed E-state index contributed by atoms with van der Waals surface area (Å²) in [6.07, 6.45) is 4.96. The predicted octanol–water partition coefficient (Wildman–Crippen LogP) is 2.34. The van der Waals surface area contributed by atoms with Crippen LogP contribution in [-0.4, -0.2) is 38.8 Å². The summed E-state index contributed by atoms with van der Waals surface area (Å²) < 4.78 is 8.03. The first-order chi connectivity index (χ1) is 10.5. The van der Waals surface area contributed by atoms with E-state index in [1.165, 1.54) is 0 Å². The highest BCUT2D eigenvalue weighted by Gasteiger charge is 2.30. The molecule has 0 unspecified atom stereocenters. The summed E-state index contributed by atoms with van der Waals surface area (Å²) in [5, 5.41) is 8.17. The van der Waals surface area contributed by atoms with E-state index in [1.807, 2.05) is 29.6 Å². The van der Waals surface area contributed by atoms with Crippen molar-refractivity contribution in [1.29, 1.82) is 0 Å². The molecule has 1 aliphatic rings. The third kappa shape index (κ3) is 3.24. The molecule has 0 aromatic carbocycles. The van der Waals surface area contributed by atoms with Gasteiger partial charge in [0, 0.05) is 43.7 Å². The van der Waals surface area contributed by atoms with Crippen LogP contribution in [0.4, 0.5) is 0 Å². The van der Waals surface area contributed by atoms with Gasteiger partial charge in [0.15, 0.2) is 0 Å². The SMILES string of the molecule is Cc1noc(C)c1CCC(=O)N1CC(Cn2cc(Br)cn2)C1. The summed E-state index contributed by atoms with van der Waals surface area (Å²) >= 11 is 3.39. The lowest BCUT2D eigenvalue weighted by atomic mass is 9.98. The minimum atomic E-state index is 0.206. The van der Waals surface area contributed by atoms with Crippen LogP contribution in [0.3, 0.4) is 0 Å². The summed E-state index contributed by atoms with van der Waals surface area (Å²) in [5.41, 5.74) is 1.95. The fourth-order valence-electron chi connectivity index (χ4n) is 2.84. The van der Waals surface area contributed by atoms with Crippen molar-refractivity contribution in [3.63, 3.8) is 0 Å². The number of carbonyl (C=O) groups is 1. The number of aromatic nitrogens is 3. The molecule has 1 fully saturated rings. The van der Waals surface area contributed by atoms with Crippen LogP contribution in [0.5, 0.6) is 0 Å². The molecule has 0 aliphatic carbocycles. The van der Waals surface area contributed by atoms with E-state index in [2.05, 4.69) is 26.2 Å². The van der Waals surface area contributed by atoms with E-state index in [0.717, 1.165) is 41.1 Å². The zero-order valence-corrected chi connectivity index (χ0v) is 14.3. The van der Waals surface area contributed by atoms with E-state index in [4.69, 9.17) is 4.52 Å². The molecule has 0 spiro atoms. The van der Waals surface area contributed by atoms with Crippen LogP contribution in [0.15, 0.2) is 21.4 Å². The van der Waals surface area contributed by atoms with Gasteiger partial charge in [0.25, 0.3) is 0 Å². The van der Waals surface area contributed by atoms with Gasteiger partial charge in [-0.3, -0.25) is 9.48 Å². The van der Waals surface area contributed by atoms with Crippen molar-refractivity contribution in [2.24, 2.45) is 5.92 Å². The van der Waals surface area contributed by atoms with E-state index in [1.54, 1.807) is 6.20 Å². The standard InChI is InChI=1S/C15H19BrN4O2/c1-10-14(11(2)22-18-10)3-4-15(21)19-6-12(7-19)8-20-9-13(16)5-17-20/h5,9,12H,3-4,6-8H2,1-2H3. The number of nitrogens with zero attached hydrogens (tertiary/aromatic N) is 4. The van der Waals surface area contributed by atoms with Gasteiger partial charge in [-0.15, -0.1) is 0 Å². The zero-order chi connectivity index (χ0) is 15.7. The average Bonchev–Trinajstić information content (AvgIpc) is 2.98. The second-order valence-corrected chi connectivity index (χ2v) is 6.76. The van der Waals surface area contributed by atoms with Gasteiger partial charge >= 0.3 is 0 Å². The van der Waals surface area contributed by atoms with Crippen molar-refractivity contribution in [2.75, 3.05) is 13.1 Å². The normalized spacial score (nSPS) is 15.1. The molecule has 1 aliphatic heterocycles. The number of carbonyl (C=O) groups excluding carboxylic acids is 1. The average molecular weight is 367 g/mol. The molecule has 0 N–H and O–H groups in total. The fraction of sp³-hybridized carbons (Fsp3) is 0.533. The third-order valence-corrected chi connectivity index (χ3v) is 4.54. The molecule has 2 aromatic rings. The van der Waals surface area contributed by atoms with E-state index in [0.29, 0.717) is 18.8 Å². The van der Waals surface area contributed by atoms with Crippen LogP contribution >= 0.6 is 15.9 Å². The monoisotopic (exact) mass is 366 g/mol.